The summed E-state index contributed by atoms with van der Waals surface area (Å²) in [6.07, 6.45) is 1.43. The van der Waals surface area contributed by atoms with Crippen LogP contribution in [0.4, 0.5) is 5.69 Å². The monoisotopic (exact) mass is 394 g/mol. The van der Waals surface area contributed by atoms with Gasteiger partial charge in [0.25, 0.3) is 11.8 Å². The number of methoxy groups -OCH3 is 2. The van der Waals surface area contributed by atoms with Gasteiger partial charge in [-0.1, -0.05) is 6.07 Å². The van der Waals surface area contributed by atoms with Crippen LogP contribution in [-0.4, -0.2) is 26.0 Å². The van der Waals surface area contributed by atoms with Gasteiger partial charge >= 0.3 is 0 Å². The Morgan fingerprint density at radius 3 is 2.28 bits per heavy atom. The zero-order chi connectivity index (χ0) is 20.8. The van der Waals surface area contributed by atoms with Crippen molar-refractivity contribution in [2.75, 3.05) is 19.5 Å². The molecule has 2 aromatic carbocycles. The van der Waals surface area contributed by atoms with E-state index in [1.54, 1.807) is 56.7 Å². The Kier molecular flexibility index (Phi) is 6.19. The summed E-state index contributed by atoms with van der Waals surface area (Å²) in [5.41, 5.74) is 1.93. The van der Waals surface area contributed by atoms with Gasteiger partial charge < -0.3 is 24.5 Å². The van der Waals surface area contributed by atoms with E-state index in [1.807, 2.05) is 19.1 Å². The molecule has 1 heterocycles. The first kappa shape index (κ1) is 20.0. The summed E-state index contributed by atoms with van der Waals surface area (Å²) in [5, 5.41) is 5.66. The number of carbonyl (C=O) groups is 2. The van der Waals surface area contributed by atoms with E-state index in [1.165, 1.54) is 6.26 Å². The number of ether oxygens (including phenoxy) is 2. The normalized spacial score (nSPS) is 11.4. The number of hydrogen-bond acceptors (Lipinski definition) is 5. The highest BCUT2D eigenvalue weighted by Gasteiger charge is 2.14. The number of benzene rings is 2. The van der Waals surface area contributed by atoms with Gasteiger partial charge in [0.15, 0.2) is 17.3 Å². The predicted molar refractivity (Wildman–Crippen MR) is 109 cm³/mol. The number of hydrogen-bond donors (Lipinski definition) is 2. The van der Waals surface area contributed by atoms with Crippen molar-refractivity contribution in [3.8, 4) is 11.5 Å². The Labute approximate surface area is 168 Å². The van der Waals surface area contributed by atoms with Gasteiger partial charge in [-0.25, -0.2) is 0 Å². The molecule has 0 spiro atoms. The van der Waals surface area contributed by atoms with E-state index in [9.17, 15) is 9.59 Å². The third-order valence-electron chi connectivity index (χ3n) is 4.41. The maximum absolute atomic E-state index is 12.6. The van der Waals surface area contributed by atoms with Gasteiger partial charge in [-0.3, -0.25) is 9.59 Å². The second-order valence-corrected chi connectivity index (χ2v) is 6.32. The van der Waals surface area contributed by atoms with Gasteiger partial charge in [-0.2, -0.15) is 0 Å². The minimum Gasteiger partial charge on any atom is -0.493 e. The van der Waals surface area contributed by atoms with E-state index in [0.29, 0.717) is 22.7 Å². The molecular weight excluding hydrogens is 372 g/mol. The lowest BCUT2D eigenvalue weighted by molar-refractivity contribution is 0.0939. The first-order chi connectivity index (χ1) is 14.0. The van der Waals surface area contributed by atoms with E-state index in [4.69, 9.17) is 13.9 Å². The van der Waals surface area contributed by atoms with Crippen LogP contribution in [0.15, 0.2) is 65.3 Å². The smallest absolute Gasteiger partial charge is 0.291 e. The second-order valence-electron chi connectivity index (χ2n) is 6.32. The van der Waals surface area contributed by atoms with Gasteiger partial charge in [-0.05, 0) is 61.0 Å². The molecule has 0 radical (unpaired) electrons. The van der Waals surface area contributed by atoms with Crippen LogP contribution in [0.2, 0.25) is 0 Å². The maximum Gasteiger partial charge on any atom is 0.291 e. The topological polar surface area (TPSA) is 89.8 Å². The van der Waals surface area contributed by atoms with Crippen LogP contribution in [0.5, 0.6) is 11.5 Å². The summed E-state index contributed by atoms with van der Waals surface area (Å²) in [6, 6.07) is 15.1. The summed E-state index contributed by atoms with van der Waals surface area (Å²) >= 11 is 0. The first-order valence-electron chi connectivity index (χ1n) is 8.99. The zero-order valence-electron chi connectivity index (χ0n) is 16.4. The lowest BCUT2D eigenvalue weighted by Crippen LogP contribution is -2.26. The molecule has 2 amide bonds. The van der Waals surface area contributed by atoms with Gasteiger partial charge in [0.05, 0.1) is 26.5 Å². The van der Waals surface area contributed by atoms with Gasteiger partial charge in [0, 0.05) is 11.3 Å². The lowest BCUT2D eigenvalue weighted by Gasteiger charge is -2.17. The molecule has 0 aliphatic carbocycles. The molecule has 1 unspecified atom stereocenters. The summed E-state index contributed by atoms with van der Waals surface area (Å²) < 4.78 is 15.6. The van der Waals surface area contributed by atoms with Gasteiger partial charge in [-0.15, -0.1) is 0 Å². The molecule has 3 rings (SSSR count). The highest BCUT2D eigenvalue weighted by Crippen LogP contribution is 2.30. The molecule has 0 bridgehead atoms. The van der Waals surface area contributed by atoms with Crippen molar-refractivity contribution in [3.05, 3.63) is 77.7 Å². The SMILES string of the molecule is COc1ccc(C(C)NC(=O)c2ccc(NC(=O)c3ccco3)cc2)cc1OC. The van der Waals surface area contributed by atoms with Crippen molar-refractivity contribution in [2.45, 2.75) is 13.0 Å². The fourth-order valence-electron chi connectivity index (χ4n) is 2.79. The number of amides is 2. The average molecular weight is 394 g/mol. The molecule has 0 saturated heterocycles. The van der Waals surface area contributed by atoms with E-state index < -0.39 is 0 Å². The van der Waals surface area contributed by atoms with Crippen molar-refractivity contribution in [3.63, 3.8) is 0 Å². The van der Waals surface area contributed by atoms with Crippen molar-refractivity contribution in [2.24, 2.45) is 0 Å². The first-order valence-corrected chi connectivity index (χ1v) is 8.99. The van der Waals surface area contributed by atoms with Gasteiger partial charge in [0.2, 0.25) is 0 Å². The lowest BCUT2D eigenvalue weighted by atomic mass is 10.1. The Morgan fingerprint density at radius 2 is 1.66 bits per heavy atom. The highest BCUT2D eigenvalue weighted by atomic mass is 16.5. The van der Waals surface area contributed by atoms with Crippen LogP contribution in [0, 0.1) is 0 Å². The fourth-order valence-corrected chi connectivity index (χ4v) is 2.79. The number of anilines is 1. The van der Waals surface area contributed by atoms with Crippen molar-refractivity contribution >= 4 is 17.5 Å². The predicted octanol–water partition coefficient (Wildman–Crippen LogP) is 4.04. The highest BCUT2D eigenvalue weighted by molar-refractivity contribution is 6.02. The van der Waals surface area contributed by atoms with E-state index in [-0.39, 0.29) is 23.6 Å². The average Bonchev–Trinajstić information content (AvgIpc) is 3.28. The minimum absolute atomic E-state index is 0.218. The number of furan rings is 1. The van der Waals surface area contributed by atoms with Crippen molar-refractivity contribution < 1.29 is 23.5 Å². The van der Waals surface area contributed by atoms with Crippen molar-refractivity contribution in [1.29, 1.82) is 0 Å². The Balaban J connectivity index is 1.64. The van der Waals surface area contributed by atoms with Crippen molar-refractivity contribution in [1.82, 2.24) is 5.32 Å². The molecule has 3 aromatic rings. The number of carbonyl (C=O) groups excluding carboxylic acids is 2. The maximum atomic E-state index is 12.6. The Hall–Kier alpha value is -3.74. The molecule has 1 aromatic heterocycles. The third-order valence-corrected chi connectivity index (χ3v) is 4.41. The Morgan fingerprint density at radius 1 is 0.931 bits per heavy atom. The second kappa shape index (κ2) is 8.97. The van der Waals surface area contributed by atoms with Crippen LogP contribution in [0.25, 0.3) is 0 Å². The van der Waals surface area contributed by atoms with E-state index in [0.717, 1.165) is 5.56 Å². The molecule has 7 nitrogen and oxygen atoms in total. The molecule has 2 N–H and O–H groups in total. The third kappa shape index (κ3) is 4.76. The fraction of sp³-hybridized carbons (Fsp3) is 0.182. The standard InChI is InChI=1S/C22H22N2O5/c1-14(16-8-11-18(27-2)20(13-16)28-3)23-21(25)15-6-9-17(10-7-15)24-22(26)19-5-4-12-29-19/h4-14H,1-3H3,(H,23,25)(H,24,26). The molecule has 7 heteroatoms. The summed E-state index contributed by atoms with van der Waals surface area (Å²) in [6.45, 7) is 1.89. The molecule has 29 heavy (non-hydrogen) atoms. The molecular formula is C22H22N2O5. The number of rotatable bonds is 7. The molecule has 0 aliphatic rings. The molecule has 0 fully saturated rings. The number of nitrogens with one attached hydrogen (secondary N) is 2. The molecule has 0 saturated carbocycles. The largest absolute Gasteiger partial charge is 0.493 e. The van der Waals surface area contributed by atoms with Crippen LogP contribution in [0.1, 0.15) is 39.4 Å². The van der Waals surface area contributed by atoms with E-state index >= 15 is 0 Å². The van der Waals surface area contributed by atoms with Crippen LogP contribution >= 0.6 is 0 Å². The van der Waals surface area contributed by atoms with Crippen LogP contribution < -0.4 is 20.1 Å². The summed E-state index contributed by atoms with van der Waals surface area (Å²) in [4.78, 5) is 24.5. The summed E-state index contributed by atoms with van der Waals surface area (Å²) in [5.74, 6) is 0.866. The minimum atomic E-state index is -0.353. The van der Waals surface area contributed by atoms with Gasteiger partial charge in [0.1, 0.15) is 0 Å². The zero-order valence-corrected chi connectivity index (χ0v) is 16.4. The quantitative estimate of drug-likeness (QED) is 0.631. The van der Waals surface area contributed by atoms with Crippen LogP contribution in [-0.2, 0) is 0 Å². The van der Waals surface area contributed by atoms with E-state index in [2.05, 4.69) is 10.6 Å². The van der Waals surface area contributed by atoms with Crippen LogP contribution in [0.3, 0.4) is 0 Å². The molecule has 0 aliphatic heterocycles. The molecule has 150 valence electrons. The Bertz CT molecular complexity index is 981. The summed E-state index contributed by atoms with van der Waals surface area (Å²) in [7, 11) is 3.14. The molecule has 1 atom stereocenters.